The van der Waals surface area contributed by atoms with Gasteiger partial charge >= 0.3 is 0 Å². The highest BCUT2D eigenvalue weighted by atomic mass is 16.7. The molecule has 0 aromatic heterocycles. The van der Waals surface area contributed by atoms with Crippen LogP contribution in [0.1, 0.15) is 12.5 Å². The lowest BCUT2D eigenvalue weighted by Gasteiger charge is -2.40. The third-order valence-electron chi connectivity index (χ3n) is 4.69. The van der Waals surface area contributed by atoms with Crippen LogP contribution in [0, 0.1) is 0 Å². The van der Waals surface area contributed by atoms with Gasteiger partial charge in [0.25, 0.3) is 0 Å². The molecule has 176 valence electrons. The van der Waals surface area contributed by atoms with Crippen LogP contribution in [0.3, 0.4) is 0 Å². The molecule has 0 spiro atoms. The van der Waals surface area contributed by atoms with Crippen LogP contribution < -0.4 is 0 Å². The van der Waals surface area contributed by atoms with Crippen molar-refractivity contribution >= 4 is 6.08 Å². The fourth-order valence-electron chi connectivity index (χ4n) is 2.91. The average Bonchev–Trinajstić information content (AvgIpc) is 2.78. The van der Waals surface area contributed by atoms with Gasteiger partial charge in [-0.25, -0.2) is 0 Å². The molecule has 0 bridgehead atoms. The van der Waals surface area contributed by atoms with E-state index in [-0.39, 0.29) is 13.2 Å². The zero-order chi connectivity index (χ0) is 22.8. The van der Waals surface area contributed by atoms with Crippen molar-refractivity contribution in [1.82, 2.24) is 0 Å². The molecular weight excluding hydrogens is 412 g/mol. The molecule has 0 amide bonds. The summed E-state index contributed by atoms with van der Waals surface area (Å²) in [5.74, 6) is 0. The number of hydrogen-bond donors (Lipinski definition) is 6. The Labute approximate surface area is 180 Å². The van der Waals surface area contributed by atoms with E-state index < -0.39 is 62.4 Å². The van der Waals surface area contributed by atoms with Crippen LogP contribution >= 0.6 is 0 Å². The Kier molecular flexibility index (Phi) is 11.0. The highest BCUT2D eigenvalue weighted by Crippen LogP contribution is 2.23. The van der Waals surface area contributed by atoms with Crippen molar-refractivity contribution in [3.8, 4) is 0 Å². The average molecular weight is 444 g/mol. The first-order valence-electron chi connectivity index (χ1n) is 10.1. The molecule has 10 heteroatoms. The maximum Gasteiger partial charge on any atom is 0.187 e. The molecule has 1 fully saturated rings. The van der Waals surface area contributed by atoms with Gasteiger partial charge in [0.15, 0.2) is 12.6 Å². The lowest BCUT2D eigenvalue weighted by atomic mass is 9.99. The van der Waals surface area contributed by atoms with Crippen LogP contribution in [0.25, 0.3) is 6.08 Å². The van der Waals surface area contributed by atoms with E-state index in [1.807, 2.05) is 36.4 Å². The lowest BCUT2D eigenvalue weighted by molar-refractivity contribution is -0.312. The van der Waals surface area contributed by atoms with E-state index in [1.54, 1.807) is 6.08 Å². The number of aliphatic hydroxyl groups is 6. The van der Waals surface area contributed by atoms with E-state index >= 15 is 0 Å². The third kappa shape index (κ3) is 7.88. The van der Waals surface area contributed by atoms with Crippen molar-refractivity contribution in [2.75, 3.05) is 26.4 Å². The number of benzene rings is 1. The molecule has 7 atom stereocenters. The maximum atomic E-state index is 10.2. The molecule has 2 rings (SSSR count). The topological polar surface area (TPSA) is 158 Å². The molecule has 0 aliphatic carbocycles. The molecule has 1 aliphatic heterocycles. The second-order valence-electron chi connectivity index (χ2n) is 7.23. The van der Waals surface area contributed by atoms with E-state index in [4.69, 9.17) is 29.2 Å². The van der Waals surface area contributed by atoms with Gasteiger partial charge in [-0.2, -0.15) is 0 Å². The third-order valence-corrected chi connectivity index (χ3v) is 4.69. The SMILES string of the molecule is CC(O)C(OCC1OC(OCC=Cc2ccccc2)C(O)C(O)C1O)OC(CO)CO. The molecule has 0 saturated carbocycles. The van der Waals surface area contributed by atoms with Gasteiger partial charge in [0.2, 0.25) is 0 Å². The summed E-state index contributed by atoms with van der Waals surface area (Å²) in [5.41, 5.74) is 0.964. The smallest absolute Gasteiger partial charge is 0.187 e. The van der Waals surface area contributed by atoms with Crippen molar-refractivity contribution in [2.24, 2.45) is 0 Å². The highest BCUT2D eigenvalue weighted by molar-refractivity contribution is 5.48. The van der Waals surface area contributed by atoms with Gasteiger partial charge in [0.05, 0.1) is 26.4 Å². The van der Waals surface area contributed by atoms with Crippen LogP contribution in [0.15, 0.2) is 36.4 Å². The standard InChI is InChI=1S/C21H32O10/c1-13(24)20(30-15(10-22)11-23)29-12-16-17(25)18(26)19(27)21(31-16)28-9-5-8-14-6-3-2-4-7-14/h2-8,13,15-27H,9-12H2,1H3. The minimum absolute atomic E-state index is 0.0844. The second kappa shape index (κ2) is 13.2. The van der Waals surface area contributed by atoms with Gasteiger partial charge in [-0.15, -0.1) is 0 Å². The monoisotopic (exact) mass is 444 g/mol. The Bertz CT molecular complexity index is 636. The van der Waals surface area contributed by atoms with Crippen LogP contribution in [0.5, 0.6) is 0 Å². The Morgan fingerprint density at radius 3 is 2.32 bits per heavy atom. The van der Waals surface area contributed by atoms with Crippen molar-refractivity contribution in [3.63, 3.8) is 0 Å². The van der Waals surface area contributed by atoms with Gasteiger partial charge < -0.3 is 49.6 Å². The van der Waals surface area contributed by atoms with Gasteiger partial charge in [0, 0.05) is 0 Å². The predicted molar refractivity (Wildman–Crippen MR) is 109 cm³/mol. The van der Waals surface area contributed by atoms with Crippen LogP contribution in [0.2, 0.25) is 0 Å². The summed E-state index contributed by atoms with van der Waals surface area (Å²) in [6, 6.07) is 9.51. The van der Waals surface area contributed by atoms with Crippen molar-refractivity contribution in [3.05, 3.63) is 42.0 Å². The minimum atomic E-state index is -1.54. The second-order valence-corrected chi connectivity index (χ2v) is 7.23. The molecule has 1 aliphatic rings. The van der Waals surface area contributed by atoms with Crippen LogP contribution in [-0.4, -0.2) is 106 Å². The summed E-state index contributed by atoms with van der Waals surface area (Å²) in [6.45, 7) is 0.190. The van der Waals surface area contributed by atoms with Crippen molar-refractivity contribution in [2.45, 2.75) is 56.1 Å². The molecule has 1 aromatic carbocycles. The Hall–Kier alpha value is -1.44. The van der Waals surface area contributed by atoms with Gasteiger partial charge in [-0.1, -0.05) is 42.5 Å². The van der Waals surface area contributed by atoms with Crippen LogP contribution in [-0.2, 0) is 18.9 Å². The lowest BCUT2D eigenvalue weighted by Crippen LogP contribution is -2.59. The maximum absolute atomic E-state index is 10.2. The molecule has 6 N–H and O–H groups in total. The highest BCUT2D eigenvalue weighted by Gasteiger charge is 2.44. The number of rotatable bonds is 12. The molecule has 1 heterocycles. The summed E-state index contributed by atoms with van der Waals surface area (Å²) in [7, 11) is 0. The quantitative estimate of drug-likeness (QED) is 0.212. The van der Waals surface area contributed by atoms with E-state index in [0.717, 1.165) is 5.56 Å². The molecule has 10 nitrogen and oxygen atoms in total. The first-order chi connectivity index (χ1) is 14.9. The predicted octanol–water partition coefficient (Wildman–Crippen LogP) is -1.38. The summed E-state index contributed by atoms with van der Waals surface area (Å²) >= 11 is 0. The van der Waals surface area contributed by atoms with Crippen LogP contribution in [0.4, 0.5) is 0 Å². The van der Waals surface area contributed by atoms with Gasteiger partial charge in [-0.05, 0) is 12.5 Å². The zero-order valence-corrected chi connectivity index (χ0v) is 17.3. The summed E-state index contributed by atoms with van der Waals surface area (Å²) in [6.07, 6.45) is -6.57. The molecule has 1 saturated heterocycles. The molecule has 0 radical (unpaired) electrons. The van der Waals surface area contributed by atoms with Crippen molar-refractivity contribution in [1.29, 1.82) is 0 Å². The Balaban J connectivity index is 1.91. The first-order valence-corrected chi connectivity index (χ1v) is 10.1. The van der Waals surface area contributed by atoms with E-state index in [9.17, 15) is 20.4 Å². The normalized spacial score (nSPS) is 28.8. The zero-order valence-electron chi connectivity index (χ0n) is 17.3. The van der Waals surface area contributed by atoms with E-state index in [2.05, 4.69) is 0 Å². The largest absolute Gasteiger partial charge is 0.394 e. The fraction of sp³-hybridized carbons (Fsp3) is 0.619. The first kappa shape index (κ1) is 25.8. The molecule has 1 aromatic rings. The number of hydrogen-bond acceptors (Lipinski definition) is 10. The van der Waals surface area contributed by atoms with Gasteiger partial charge in [0.1, 0.15) is 36.6 Å². The summed E-state index contributed by atoms with van der Waals surface area (Å²) < 4.78 is 21.7. The summed E-state index contributed by atoms with van der Waals surface area (Å²) in [4.78, 5) is 0. The molecule has 31 heavy (non-hydrogen) atoms. The van der Waals surface area contributed by atoms with Crippen molar-refractivity contribution < 1.29 is 49.6 Å². The Morgan fingerprint density at radius 1 is 1.03 bits per heavy atom. The summed E-state index contributed by atoms with van der Waals surface area (Å²) in [5, 5.41) is 58.5. The van der Waals surface area contributed by atoms with Gasteiger partial charge in [-0.3, -0.25) is 0 Å². The van der Waals surface area contributed by atoms with E-state index in [1.165, 1.54) is 6.92 Å². The Morgan fingerprint density at radius 2 is 1.71 bits per heavy atom. The minimum Gasteiger partial charge on any atom is -0.394 e. The number of aliphatic hydroxyl groups excluding tert-OH is 6. The molecule has 7 unspecified atom stereocenters. The van der Waals surface area contributed by atoms with E-state index in [0.29, 0.717) is 0 Å². The fourth-order valence-corrected chi connectivity index (χ4v) is 2.91. The molecular formula is C21H32O10. The number of ether oxygens (including phenoxy) is 4.